The van der Waals surface area contributed by atoms with Gasteiger partial charge in [-0.05, 0) is 39.3 Å². The normalized spacial score (nSPS) is 11.7. The smallest absolute Gasteiger partial charge is 0.0813 e. The molecule has 0 amide bonds. The maximum absolute atomic E-state index is 5.37. The van der Waals surface area contributed by atoms with E-state index >= 15 is 0 Å². The number of aryl methyl sites for hydroxylation is 1. The van der Waals surface area contributed by atoms with E-state index in [1.165, 1.54) is 5.56 Å². The van der Waals surface area contributed by atoms with Crippen LogP contribution in [0.5, 0.6) is 0 Å². The Morgan fingerprint density at radius 3 is 2.57 bits per heavy atom. The van der Waals surface area contributed by atoms with Gasteiger partial charge in [-0.15, -0.1) is 0 Å². The average Bonchev–Trinajstić information content (AvgIpc) is 2.06. The van der Waals surface area contributed by atoms with Crippen LogP contribution in [0.1, 0.15) is 32.0 Å². The molecule has 1 rings (SSSR count). The van der Waals surface area contributed by atoms with Crippen LogP contribution in [0.3, 0.4) is 0 Å². The number of nitrogens with one attached hydrogen (secondary N) is 1. The van der Waals surface area contributed by atoms with Gasteiger partial charge < -0.3 is 0 Å². The monoisotopic (exact) mass is 194 g/mol. The molecule has 78 valence electrons. The molecule has 0 unspecified atom stereocenters. The SMILES string of the molecule is Cc1ccc(CNOC(C)(C)C)nc1. The lowest BCUT2D eigenvalue weighted by Gasteiger charge is -2.19. The highest BCUT2D eigenvalue weighted by atomic mass is 16.7. The van der Waals surface area contributed by atoms with Gasteiger partial charge in [-0.2, -0.15) is 5.48 Å². The maximum atomic E-state index is 5.37. The van der Waals surface area contributed by atoms with Crippen molar-refractivity contribution in [1.29, 1.82) is 0 Å². The second-order valence-electron chi connectivity index (χ2n) is 4.36. The summed E-state index contributed by atoms with van der Waals surface area (Å²) in [6.45, 7) is 8.67. The molecule has 1 heterocycles. The summed E-state index contributed by atoms with van der Waals surface area (Å²) in [4.78, 5) is 9.63. The molecule has 14 heavy (non-hydrogen) atoms. The maximum Gasteiger partial charge on any atom is 0.0813 e. The van der Waals surface area contributed by atoms with Crippen LogP contribution in [0.2, 0.25) is 0 Å². The van der Waals surface area contributed by atoms with Crippen LogP contribution in [0.4, 0.5) is 0 Å². The van der Waals surface area contributed by atoms with Crippen LogP contribution in [-0.4, -0.2) is 10.6 Å². The number of hydroxylamine groups is 1. The summed E-state index contributed by atoms with van der Waals surface area (Å²) >= 11 is 0. The summed E-state index contributed by atoms with van der Waals surface area (Å²) in [6, 6.07) is 4.04. The number of aromatic nitrogens is 1. The molecular weight excluding hydrogens is 176 g/mol. The Morgan fingerprint density at radius 2 is 2.07 bits per heavy atom. The lowest BCUT2D eigenvalue weighted by Crippen LogP contribution is -2.28. The number of hydrogen-bond acceptors (Lipinski definition) is 3. The van der Waals surface area contributed by atoms with Crippen LogP contribution in [0, 0.1) is 6.92 Å². The van der Waals surface area contributed by atoms with Crippen LogP contribution < -0.4 is 5.48 Å². The Hall–Kier alpha value is -0.930. The average molecular weight is 194 g/mol. The van der Waals surface area contributed by atoms with Crippen LogP contribution in [0.15, 0.2) is 18.3 Å². The van der Waals surface area contributed by atoms with Gasteiger partial charge >= 0.3 is 0 Å². The van der Waals surface area contributed by atoms with Gasteiger partial charge in [0, 0.05) is 6.20 Å². The van der Waals surface area contributed by atoms with Gasteiger partial charge in [-0.1, -0.05) is 6.07 Å². The molecule has 0 aliphatic rings. The molecule has 0 atom stereocenters. The molecule has 0 bridgehead atoms. The molecule has 3 nitrogen and oxygen atoms in total. The third-order valence-corrected chi connectivity index (χ3v) is 1.60. The van der Waals surface area contributed by atoms with Crippen molar-refractivity contribution in [3.05, 3.63) is 29.6 Å². The second kappa shape index (κ2) is 4.53. The fraction of sp³-hybridized carbons (Fsp3) is 0.545. The quantitative estimate of drug-likeness (QED) is 0.749. The zero-order chi connectivity index (χ0) is 10.6. The van der Waals surface area contributed by atoms with E-state index < -0.39 is 0 Å². The number of hydrogen-bond donors (Lipinski definition) is 1. The lowest BCUT2D eigenvalue weighted by molar-refractivity contribution is -0.0761. The standard InChI is InChI=1S/C11H18N2O/c1-9-5-6-10(12-7-9)8-13-14-11(2,3)4/h5-7,13H,8H2,1-4H3. The first-order valence-electron chi connectivity index (χ1n) is 4.80. The van der Waals surface area contributed by atoms with E-state index in [0.717, 1.165) is 5.69 Å². The van der Waals surface area contributed by atoms with Crippen molar-refractivity contribution in [3.8, 4) is 0 Å². The summed E-state index contributed by atoms with van der Waals surface area (Å²) in [7, 11) is 0. The Balaban J connectivity index is 2.35. The lowest BCUT2D eigenvalue weighted by atomic mass is 10.2. The van der Waals surface area contributed by atoms with Crippen molar-refractivity contribution in [2.75, 3.05) is 0 Å². The predicted molar refractivity (Wildman–Crippen MR) is 56.7 cm³/mol. The Labute approximate surface area is 85.5 Å². The molecule has 0 aromatic carbocycles. The van der Waals surface area contributed by atoms with Gasteiger partial charge in [0.15, 0.2) is 0 Å². The molecule has 1 N–H and O–H groups in total. The summed E-state index contributed by atoms with van der Waals surface area (Å²) in [5.41, 5.74) is 4.89. The van der Waals surface area contributed by atoms with Crippen LogP contribution in [0.25, 0.3) is 0 Å². The zero-order valence-corrected chi connectivity index (χ0v) is 9.29. The van der Waals surface area contributed by atoms with Crippen LogP contribution in [-0.2, 0) is 11.4 Å². The van der Waals surface area contributed by atoms with Crippen molar-refractivity contribution in [3.63, 3.8) is 0 Å². The molecule has 0 aliphatic carbocycles. The second-order valence-corrected chi connectivity index (χ2v) is 4.36. The van der Waals surface area contributed by atoms with E-state index in [4.69, 9.17) is 4.84 Å². The summed E-state index contributed by atoms with van der Waals surface area (Å²) in [5.74, 6) is 0. The van der Waals surface area contributed by atoms with Crippen LogP contribution >= 0.6 is 0 Å². The molecule has 0 fully saturated rings. The highest BCUT2D eigenvalue weighted by Gasteiger charge is 2.09. The van der Waals surface area contributed by atoms with Gasteiger partial charge in [0.1, 0.15) is 0 Å². The summed E-state index contributed by atoms with van der Waals surface area (Å²) in [5, 5.41) is 0. The molecule has 1 aromatic rings. The first kappa shape index (κ1) is 11.1. The largest absolute Gasteiger partial charge is 0.296 e. The molecule has 0 saturated carbocycles. The molecule has 0 spiro atoms. The topological polar surface area (TPSA) is 34.1 Å². The molecule has 0 aliphatic heterocycles. The van der Waals surface area contributed by atoms with Crippen molar-refractivity contribution in [1.82, 2.24) is 10.5 Å². The first-order chi connectivity index (χ1) is 6.47. The van der Waals surface area contributed by atoms with Crippen molar-refractivity contribution < 1.29 is 4.84 Å². The highest BCUT2D eigenvalue weighted by Crippen LogP contribution is 2.04. The van der Waals surface area contributed by atoms with Gasteiger partial charge in [0.25, 0.3) is 0 Å². The fourth-order valence-corrected chi connectivity index (χ4v) is 0.930. The fourth-order valence-electron chi connectivity index (χ4n) is 0.930. The van der Waals surface area contributed by atoms with Gasteiger partial charge in [0.2, 0.25) is 0 Å². The van der Waals surface area contributed by atoms with Crippen molar-refractivity contribution >= 4 is 0 Å². The van der Waals surface area contributed by atoms with Gasteiger partial charge in [0.05, 0.1) is 17.8 Å². The van der Waals surface area contributed by atoms with E-state index in [1.54, 1.807) is 0 Å². The Kier molecular flexibility index (Phi) is 3.61. The summed E-state index contributed by atoms with van der Waals surface area (Å²) in [6.07, 6.45) is 1.86. The minimum Gasteiger partial charge on any atom is -0.296 e. The number of rotatable bonds is 3. The molecule has 0 radical (unpaired) electrons. The molecule has 3 heteroatoms. The zero-order valence-electron chi connectivity index (χ0n) is 9.29. The van der Waals surface area contributed by atoms with Gasteiger partial charge in [-0.3, -0.25) is 9.82 Å². The first-order valence-corrected chi connectivity index (χ1v) is 4.80. The molecular formula is C11H18N2O. The van der Waals surface area contributed by atoms with E-state index in [2.05, 4.69) is 10.5 Å². The Bertz CT molecular complexity index is 274. The predicted octanol–water partition coefficient (Wildman–Crippen LogP) is 2.21. The summed E-state index contributed by atoms with van der Waals surface area (Å²) < 4.78 is 0. The minimum absolute atomic E-state index is 0.162. The van der Waals surface area contributed by atoms with E-state index in [9.17, 15) is 0 Å². The molecule has 1 aromatic heterocycles. The van der Waals surface area contributed by atoms with Crippen molar-refractivity contribution in [2.24, 2.45) is 0 Å². The molecule has 0 saturated heterocycles. The van der Waals surface area contributed by atoms with E-state index in [0.29, 0.717) is 6.54 Å². The van der Waals surface area contributed by atoms with E-state index in [-0.39, 0.29) is 5.60 Å². The Morgan fingerprint density at radius 1 is 1.36 bits per heavy atom. The number of nitrogens with zero attached hydrogens (tertiary/aromatic N) is 1. The third kappa shape index (κ3) is 4.35. The highest BCUT2D eigenvalue weighted by molar-refractivity contribution is 5.11. The van der Waals surface area contributed by atoms with Gasteiger partial charge in [-0.25, -0.2) is 0 Å². The number of pyridine rings is 1. The van der Waals surface area contributed by atoms with E-state index in [1.807, 2.05) is 46.0 Å². The minimum atomic E-state index is -0.162. The third-order valence-electron chi connectivity index (χ3n) is 1.60. The van der Waals surface area contributed by atoms with Crippen molar-refractivity contribution in [2.45, 2.75) is 39.8 Å².